The fraction of sp³-hybridized carbons (Fsp3) is 0.250. The number of benzene rings is 1. The van der Waals surface area contributed by atoms with E-state index >= 15 is 0 Å². The first-order valence-electron chi connectivity index (χ1n) is 10.4. The van der Waals surface area contributed by atoms with Crippen molar-refractivity contribution in [3.8, 4) is 17.1 Å². The van der Waals surface area contributed by atoms with E-state index in [-0.39, 0.29) is 36.3 Å². The fourth-order valence-corrected chi connectivity index (χ4v) is 4.57. The molecule has 1 atom stereocenters. The van der Waals surface area contributed by atoms with Crippen LogP contribution in [0.15, 0.2) is 35.1 Å². The Bertz CT molecular complexity index is 1460. The Balaban J connectivity index is 1.75. The predicted octanol–water partition coefficient (Wildman–Crippen LogP) is 1.59. The summed E-state index contributed by atoms with van der Waals surface area (Å²) < 4.78 is 12.1. The third-order valence-corrected chi connectivity index (χ3v) is 6.33. The molecule has 0 radical (unpaired) electrons. The first-order chi connectivity index (χ1) is 15.8. The molecule has 0 aliphatic carbocycles. The standard InChI is InChI=1S/C24H21N3O6/c1-3-24(31)16-9-18-21-12(10-27(18)22(29)15(16)11-33-23(24)30)8-14-13(4-7-20(25)28)19(32-2)6-5-17(14)26-21/h4-9,31H,3,10-11H2,1-2H3,(H2,25,28)/t24-/m0/s1. The SMILES string of the molecule is CC[C@@]1(O)C(=O)OCc2c1cc1n(c2=O)Cc2cc3c(C=CC(N)=O)c(OC)ccc3nc2-1. The van der Waals surface area contributed by atoms with Crippen molar-refractivity contribution in [2.24, 2.45) is 5.73 Å². The summed E-state index contributed by atoms with van der Waals surface area (Å²) in [7, 11) is 1.53. The predicted molar refractivity (Wildman–Crippen MR) is 119 cm³/mol. The number of esters is 1. The Kier molecular flexibility index (Phi) is 4.61. The van der Waals surface area contributed by atoms with Crippen molar-refractivity contribution in [3.63, 3.8) is 0 Å². The first kappa shape index (κ1) is 20.9. The van der Waals surface area contributed by atoms with Crippen molar-refractivity contribution in [2.75, 3.05) is 7.11 Å². The van der Waals surface area contributed by atoms with Crippen LogP contribution in [0.4, 0.5) is 0 Å². The molecule has 2 aliphatic heterocycles. The fourth-order valence-electron chi connectivity index (χ4n) is 4.57. The van der Waals surface area contributed by atoms with Crippen molar-refractivity contribution < 1.29 is 24.2 Å². The van der Waals surface area contributed by atoms with Gasteiger partial charge >= 0.3 is 5.97 Å². The molecule has 2 aromatic heterocycles. The van der Waals surface area contributed by atoms with Crippen LogP contribution in [0.2, 0.25) is 0 Å². The van der Waals surface area contributed by atoms with Gasteiger partial charge in [0.15, 0.2) is 5.60 Å². The number of aromatic nitrogens is 2. The average Bonchev–Trinajstić information content (AvgIpc) is 3.16. The third kappa shape index (κ3) is 2.96. The minimum atomic E-state index is -1.87. The number of methoxy groups -OCH3 is 1. The maximum Gasteiger partial charge on any atom is 0.343 e. The zero-order valence-corrected chi connectivity index (χ0v) is 18.0. The summed E-state index contributed by atoms with van der Waals surface area (Å²) in [5.74, 6) is -0.800. The molecule has 0 bridgehead atoms. The molecule has 1 amide bonds. The van der Waals surface area contributed by atoms with Gasteiger partial charge in [0.25, 0.3) is 5.56 Å². The summed E-state index contributed by atoms with van der Waals surface area (Å²) in [5, 5.41) is 11.7. The molecule has 0 fully saturated rings. The zero-order chi connectivity index (χ0) is 23.5. The highest BCUT2D eigenvalue weighted by Gasteiger charge is 2.45. The molecule has 0 saturated heterocycles. The molecule has 9 heteroatoms. The molecular formula is C24H21N3O6. The highest BCUT2D eigenvalue weighted by molar-refractivity contribution is 5.98. The van der Waals surface area contributed by atoms with Gasteiger partial charge in [-0.25, -0.2) is 9.78 Å². The van der Waals surface area contributed by atoms with E-state index in [0.717, 1.165) is 10.9 Å². The van der Waals surface area contributed by atoms with Gasteiger partial charge in [-0.05, 0) is 36.8 Å². The van der Waals surface area contributed by atoms with Crippen molar-refractivity contribution >= 4 is 28.9 Å². The van der Waals surface area contributed by atoms with Crippen LogP contribution in [0.1, 0.15) is 35.6 Å². The summed E-state index contributed by atoms with van der Waals surface area (Å²) in [6.07, 6.45) is 2.91. The smallest absolute Gasteiger partial charge is 0.343 e. The Hall–Kier alpha value is -3.98. The molecule has 5 rings (SSSR count). The van der Waals surface area contributed by atoms with Gasteiger partial charge in [0.2, 0.25) is 5.91 Å². The average molecular weight is 447 g/mol. The van der Waals surface area contributed by atoms with Gasteiger partial charge in [-0.2, -0.15) is 0 Å². The van der Waals surface area contributed by atoms with Crippen LogP contribution in [0.5, 0.6) is 5.75 Å². The van der Waals surface area contributed by atoms with E-state index in [9.17, 15) is 19.5 Å². The second kappa shape index (κ2) is 7.28. The number of fused-ring (bicyclic) bond motifs is 5. The maximum atomic E-state index is 13.3. The maximum absolute atomic E-state index is 13.3. The minimum Gasteiger partial charge on any atom is -0.496 e. The number of hydrogen-bond donors (Lipinski definition) is 2. The van der Waals surface area contributed by atoms with Crippen molar-refractivity contribution in [1.82, 2.24) is 9.55 Å². The monoisotopic (exact) mass is 447 g/mol. The van der Waals surface area contributed by atoms with Gasteiger partial charge in [-0.3, -0.25) is 9.59 Å². The van der Waals surface area contributed by atoms with E-state index in [2.05, 4.69) is 0 Å². The van der Waals surface area contributed by atoms with Gasteiger partial charge in [0.05, 0.1) is 36.1 Å². The lowest BCUT2D eigenvalue weighted by atomic mass is 9.86. The number of rotatable bonds is 4. The number of pyridine rings is 2. The van der Waals surface area contributed by atoms with Gasteiger partial charge in [0.1, 0.15) is 12.4 Å². The van der Waals surface area contributed by atoms with Crippen LogP contribution in [0.25, 0.3) is 28.4 Å². The molecule has 1 aromatic carbocycles. The Morgan fingerprint density at radius 2 is 2.15 bits per heavy atom. The topological polar surface area (TPSA) is 134 Å². The van der Waals surface area contributed by atoms with Gasteiger partial charge < -0.3 is 24.9 Å². The van der Waals surface area contributed by atoms with Crippen LogP contribution in [-0.4, -0.2) is 33.6 Å². The van der Waals surface area contributed by atoms with E-state index in [4.69, 9.17) is 20.2 Å². The molecule has 168 valence electrons. The quantitative estimate of drug-likeness (QED) is 0.358. The second-order valence-corrected chi connectivity index (χ2v) is 8.08. The van der Waals surface area contributed by atoms with Crippen LogP contribution in [0.3, 0.4) is 0 Å². The number of carbonyl (C=O) groups is 2. The van der Waals surface area contributed by atoms with E-state index in [1.807, 2.05) is 6.07 Å². The van der Waals surface area contributed by atoms with Gasteiger partial charge in [0, 0.05) is 28.2 Å². The van der Waals surface area contributed by atoms with Crippen LogP contribution in [0, 0.1) is 0 Å². The molecule has 2 aliphatic rings. The second-order valence-electron chi connectivity index (χ2n) is 8.08. The molecule has 0 spiro atoms. The summed E-state index contributed by atoms with van der Waals surface area (Å²) in [4.78, 5) is 41.6. The van der Waals surface area contributed by atoms with Crippen molar-refractivity contribution in [2.45, 2.75) is 32.1 Å². The lowest BCUT2D eigenvalue weighted by Gasteiger charge is -2.31. The molecule has 0 saturated carbocycles. The number of aliphatic hydroxyl groups is 1. The van der Waals surface area contributed by atoms with E-state index in [1.54, 1.807) is 35.8 Å². The highest BCUT2D eigenvalue weighted by Crippen LogP contribution is 2.39. The summed E-state index contributed by atoms with van der Waals surface area (Å²) in [5.41, 5.74) is 6.79. The largest absolute Gasteiger partial charge is 0.496 e. The van der Waals surface area contributed by atoms with Crippen LogP contribution >= 0.6 is 0 Å². The molecule has 3 aromatic rings. The molecule has 9 nitrogen and oxygen atoms in total. The Morgan fingerprint density at radius 1 is 1.36 bits per heavy atom. The number of ether oxygens (including phenoxy) is 2. The van der Waals surface area contributed by atoms with Gasteiger partial charge in [-0.1, -0.05) is 6.92 Å². The summed E-state index contributed by atoms with van der Waals surface area (Å²) >= 11 is 0. The lowest BCUT2D eigenvalue weighted by molar-refractivity contribution is -0.172. The number of cyclic esters (lactones) is 1. The minimum absolute atomic E-state index is 0.0785. The first-order valence-corrected chi connectivity index (χ1v) is 10.4. The lowest BCUT2D eigenvalue weighted by Crippen LogP contribution is -2.44. The molecule has 3 N–H and O–H groups in total. The number of amides is 1. The number of nitrogens with zero attached hydrogens (tertiary/aromatic N) is 2. The van der Waals surface area contributed by atoms with E-state index in [0.29, 0.717) is 28.2 Å². The summed E-state index contributed by atoms with van der Waals surface area (Å²) in [6, 6.07) is 7.10. The van der Waals surface area contributed by atoms with Crippen molar-refractivity contribution in [3.05, 3.63) is 62.9 Å². The highest BCUT2D eigenvalue weighted by atomic mass is 16.6. The third-order valence-electron chi connectivity index (χ3n) is 6.33. The number of hydrogen-bond acceptors (Lipinski definition) is 7. The zero-order valence-electron chi connectivity index (χ0n) is 18.0. The molecular weight excluding hydrogens is 426 g/mol. The Morgan fingerprint density at radius 3 is 2.85 bits per heavy atom. The molecule has 0 unspecified atom stereocenters. The molecule has 4 heterocycles. The van der Waals surface area contributed by atoms with E-state index < -0.39 is 17.5 Å². The van der Waals surface area contributed by atoms with E-state index in [1.165, 1.54) is 13.2 Å². The number of primary amides is 1. The Labute approximate surface area is 188 Å². The number of nitrogens with two attached hydrogens (primary N) is 1. The molecule has 33 heavy (non-hydrogen) atoms. The summed E-state index contributed by atoms with van der Waals surface area (Å²) in [6.45, 7) is 1.75. The van der Waals surface area contributed by atoms with Crippen molar-refractivity contribution in [1.29, 1.82) is 0 Å². The normalized spacial score (nSPS) is 18.7. The van der Waals surface area contributed by atoms with Gasteiger partial charge in [-0.15, -0.1) is 0 Å². The number of carbonyl (C=O) groups excluding carboxylic acids is 2. The van der Waals surface area contributed by atoms with Crippen LogP contribution < -0.4 is 16.0 Å². The van der Waals surface area contributed by atoms with Crippen LogP contribution in [-0.2, 0) is 33.1 Å².